The van der Waals surface area contributed by atoms with Crippen LogP contribution in [0.2, 0.25) is 0 Å². The maximum atomic E-state index is 6.19. The molecule has 0 saturated heterocycles. The third-order valence-corrected chi connectivity index (χ3v) is 4.57. The molecule has 2 aromatic rings. The van der Waals surface area contributed by atoms with Crippen molar-refractivity contribution < 1.29 is 0 Å². The first-order valence-electron chi connectivity index (χ1n) is 4.43. The maximum absolute atomic E-state index is 6.19. The highest BCUT2D eigenvalue weighted by Crippen LogP contribution is 2.32. The van der Waals surface area contributed by atoms with Crippen LogP contribution >= 0.6 is 43.2 Å². The molecule has 0 bridgehead atoms. The molecule has 2 N–H and O–H groups in total. The highest BCUT2D eigenvalue weighted by Gasteiger charge is 2.13. The van der Waals surface area contributed by atoms with Crippen molar-refractivity contribution in [3.05, 3.63) is 55.1 Å². The fourth-order valence-corrected chi connectivity index (χ4v) is 3.35. The van der Waals surface area contributed by atoms with Gasteiger partial charge in [0.05, 0.1) is 9.83 Å². The van der Waals surface area contributed by atoms with Crippen LogP contribution in [-0.2, 0) is 0 Å². The molecule has 1 atom stereocenters. The summed E-state index contributed by atoms with van der Waals surface area (Å²) in [6.07, 6.45) is 0. The van der Waals surface area contributed by atoms with Gasteiger partial charge in [-0.05, 0) is 39.7 Å². The molecule has 0 aliphatic rings. The molecular formula is C11H9Br2NS. The Kier molecular flexibility index (Phi) is 3.61. The minimum Gasteiger partial charge on any atom is -0.320 e. The Morgan fingerprint density at radius 2 is 1.80 bits per heavy atom. The molecule has 0 spiro atoms. The van der Waals surface area contributed by atoms with E-state index in [1.54, 1.807) is 11.3 Å². The number of halogens is 2. The molecule has 2 rings (SSSR count). The largest absolute Gasteiger partial charge is 0.320 e. The number of rotatable bonds is 2. The van der Waals surface area contributed by atoms with E-state index in [0.717, 1.165) is 18.7 Å². The average Bonchev–Trinajstić information content (AvgIpc) is 2.65. The maximum Gasteiger partial charge on any atom is 0.0702 e. The lowest BCUT2D eigenvalue weighted by molar-refractivity contribution is 0.887. The summed E-state index contributed by atoms with van der Waals surface area (Å²) >= 11 is 8.63. The lowest BCUT2D eigenvalue weighted by Gasteiger charge is -2.11. The van der Waals surface area contributed by atoms with Gasteiger partial charge < -0.3 is 5.73 Å². The Hall–Kier alpha value is -0.160. The molecule has 4 heteroatoms. The molecule has 0 fully saturated rings. The number of benzene rings is 1. The van der Waals surface area contributed by atoms with Crippen LogP contribution in [0.5, 0.6) is 0 Å². The number of nitrogens with two attached hydrogens (primary N) is 1. The van der Waals surface area contributed by atoms with Gasteiger partial charge in [-0.25, -0.2) is 0 Å². The van der Waals surface area contributed by atoms with Crippen LogP contribution in [0.4, 0.5) is 0 Å². The van der Waals surface area contributed by atoms with E-state index in [0.29, 0.717) is 0 Å². The van der Waals surface area contributed by atoms with Crippen LogP contribution in [0.1, 0.15) is 16.5 Å². The second kappa shape index (κ2) is 4.78. The topological polar surface area (TPSA) is 26.0 Å². The Labute approximate surface area is 110 Å². The highest BCUT2D eigenvalue weighted by atomic mass is 79.9. The average molecular weight is 347 g/mol. The van der Waals surface area contributed by atoms with Crippen molar-refractivity contribution >= 4 is 43.2 Å². The summed E-state index contributed by atoms with van der Waals surface area (Å²) in [6.45, 7) is 0. The van der Waals surface area contributed by atoms with Crippen molar-refractivity contribution in [2.45, 2.75) is 6.04 Å². The van der Waals surface area contributed by atoms with Crippen molar-refractivity contribution in [2.24, 2.45) is 5.73 Å². The summed E-state index contributed by atoms with van der Waals surface area (Å²) in [6, 6.07) is 12.1. The summed E-state index contributed by atoms with van der Waals surface area (Å²) in [5.74, 6) is 0. The zero-order chi connectivity index (χ0) is 10.8. The normalized spacial score (nSPS) is 12.7. The van der Waals surface area contributed by atoms with Crippen molar-refractivity contribution in [2.75, 3.05) is 0 Å². The van der Waals surface area contributed by atoms with Gasteiger partial charge in [0.1, 0.15) is 0 Å². The first kappa shape index (κ1) is 11.3. The van der Waals surface area contributed by atoms with Gasteiger partial charge in [0, 0.05) is 9.35 Å². The van der Waals surface area contributed by atoms with E-state index >= 15 is 0 Å². The van der Waals surface area contributed by atoms with Crippen LogP contribution in [0.3, 0.4) is 0 Å². The molecule has 78 valence electrons. The molecule has 0 aliphatic carbocycles. The Bertz CT molecular complexity index is 467. The molecule has 1 nitrogen and oxygen atoms in total. The minimum absolute atomic E-state index is 0.0584. The van der Waals surface area contributed by atoms with E-state index in [1.165, 1.54) is 0 Å². The van der Waals surface area contributed by atoms with Crippen LogP contribution < -0.4 is 5.73 Å². The molecule has 0 aliphatic heterocycles. The summed E-state index contributed by atoms with van der Waals surface area (Å²) < 4.78 is 2.17. The van der Waals surface area contributed by atoms with E-state index < -0.39 is 0 Å². The lowest BCUT2D eigenvalue weighted by atomic mass is 10.1. The molecule has 0 radical (unpaired) electrons. The molecule has 1 heterocycles. The summed E-state index contributed by atoms with van der Waals surface area (Å²) in [5.41, 5.74) is 7.31. The van der Waals surface area contributed by atoms with E-state index in [-0.39, 0.29) is 6.04 Å². The first-order chi connectivity index (χ1) is 7.18. The second-order valence-corrected chi connectivity index (χ2v) is 6.49. The summed E-state index contributed by atoms with van der Waals surface area (Å²) in [4.78, 5) is 1.16. The van der Waals surface area contributed by atoms with Crippen molar-refractivity contribution in [1.29, 1.82) is 0 Å². The van der Waals surface area contributed by atoms with Gasteiger partial charge in [-0.1, -0.05) is 34.1 Å². The van der Waals surface area contributed by atoms with Gasteiger partial charge in [-0.15, -0.1) is 11.3 Å². The fraction of sp³-hybridized carbons (Fsp3) is 0.0909. The van der Waals surface area contributed by atoms with Crippen LogP contribution in [0.25, 0.3) is 0 Å². The Balaban J connectivity index is 2.36. The fourth-order valence-electron chi connectivity index (χ4n) is 1.38. The van der Waals surface area contributed by atoms with Gasteiger partial charge in [-0.3, -0.25) is 0 Å². The predicted octanol–water partition coefficient (Wildman–Crippen LogP) is 4.32. The zero-order valence-corrected chi connectivity index (χ0v) is 11.8. The quantitative estimate of drug-likeness (QED) is 0.860. The van der Waals surface area contributed by atoms with Crippen molar-refractivity contribution in [3.63, 3.8) is 0 Å². The summed E-state index contributed by atoms with van der Waals surface area (Å²) in [7, 11) is 0. The molecule has 0 amide bonds. The smallest absolute Gasteiger partial charge is 0.0702 e. The molecule has 15 heavy (non-hydrogen) atoms. The van der Waals surface area contributed by atoms with E-state index in [4.69, 9.17) is 5.73 Å². The third-order valence-electron chi connectivity index (χ3n) is 2.14. The van der Waals surface area contributed by atoms with Crippen LogP contribution in [0, 0.1) is 0 Å². The van der Waals surface area contributed by atoms with Gasteiger partial charge in [0.15, 0.2) is 0 Å². The molecule has 1 aromatic heterocycles. The lowest BCUT2D eigenvalue weighted by Crippen LogP contribution is -2.10. The highest BCUT2D eigenvalue weighted by molar-refractivity contribution is 9.11. The van der Waals surface area contributed by atoms with Gasteiger partial charge in [0.25, 0.3) is 0 Å². The molecule has 1 aromatic carbocycles. The summed E-state index contributed by atoms with van der Waals surface area (Å²) in [5, 5.41) is 0. The van der Waals surface area contributed by atoms with Gasteiger partial charge in [0.2, 0.25) is 0 Å². The Morgan fingerprint density at radius 3 is 2.40 bits per heavy atom. The van der Waals surface area contributed by atoms with E-state index in [1.807, 2.05) is 30.3 Å². The first-order valence-corrected chi connectivity index (χ1v) is 6.84. The third kappa shape index (κ3) is 2.50. The zero-order valence-electron chi connectivity index (χ0n) is 7.78. The van der Waals surface area contributed by atoms with Crippen molar-refractivity contribution in [1.82, 2.24) is 0 Å². The molecular weight excluding hydrogens is 338 g/mol. The molecule has 1 unspecified atom stereocenters. The predicted molar refractivity (Wildman–Crippen MR) is 72.2 cm³/mol. The minimum atomic E-state index is -0.0584. The van der Waals surface area contributed by atoms with Crippen LogP contribution in [0.15, 0.2) is 44.7 Å². The Morgan fingerprint density at radius 1 is 1.07 bits per heavy atom. The SMILES string of the molecule is NC(c1ccc(Br)s1)c1ccccc1Br. The van der Waals surface area contributed by atoms with Crippen molar-refractivity contribution in [3.8, 4) is 0 Å². The number of thiophene rings is 1. The standard InChI is InChI=1S/C11H9Br2NS/c12-8-4-2-1-3-7(8)11(14)9-5-6-10(13)15-9/h1-6,11H,14H2. The number of hydrogen-bond acceptors (Lipinski definition) is 2. The number of hydrogen-bond donors (Lipinski definition) is 1. The van der Waals surface area contributed by atoms with Gasteiger partial charge >= 0.3 is 0 Å². The second-order valence-electron chi connectivity index (χ2n) is 3.14. The van der Waals surface area contributed by atoms with Gasteiger partial charge in [-0.2, -0.15) is 0 Å². The van der Waals surface area contributed by atoms with Crippen LogP contribution in [-0.4, -0.2) is 0 Å². The van der Waals surface area contributed by atoms with E-state index in [2.05, 4.69) is 37.9 Å². The monoisotopic (exact) mass is 345 g/mol. The van der Waals surface area contributed by atoms with E-state index in [9.17, 15) is 0 Å². The molecule has 0 saturated carbocycles.